The van der Waals surface area contributed by atoms with E-state index < -0.39 is 24.2 Å². The Labute approximate surface area is 140 Å². The molecule has 25 heavy (non-hydrogen) atoms. The lowest BCUT2D eigenvalue weighted by atomic mass is 10.1. The Morgan fingerprint density at radius 2 is 2.08 bits per heavy atom. The second-order valence-electron chi connectivity index (χ2n) is 5.74. The van der Waals surface area contributed by atoms with E-state index in [2.05, 4.69) is 15.3 Å². The molecule has 0 radical (unpaired) electrons. The van der Waals surface area contributed by atoms with Gasteiger partial charge in [0.2, 0.25) is 0 Å². The molecule has 1 aliphatic heterocycles. The van der Waals surface area contributed by atoms with Gasteiger partial charge in [0.15, 0.2) is 5.69 Å². The third kappa shape index (κ3) is 2.90. The number of aliphatic hydroxyl groups is 1. The fourth-order valence-corrected chi connectivity index (χ4v) is 2.51. The Kier molecular flexibility index (Phi) is 3.90. The number of hydrogen-bond acceptors (Lipinski definition) is 5. The molecule has 0 saturated carbocycles. The largest absolute Gasteiger partial charge is 0.438 e. The van der Waals surface area contributed by atoms with Crippen molar-refractivity contribution in [2.75, 3.05) is 0 Å². The minimum Gasteiger partial charge on any atom is -0.362 e. The summed E-state index contributed by atoms with van der Waals surface area (Å²) in [5, 5.41) is 21.4. The number of nitrogens with zero attached hydrogens (tertiary/aromatic N) is 6. The monoisotopic (exact) mass is 356 g/mol. The van der Waals surface area contributed by atoms with E-state index in [1.54, 1.807) is 4.68 Å². The number of amides is 1. The SMILES string of the molecule is Cc1cc(C)n(Cn2ccc(C(=O)N3N=CC[C@@]3(O)C(F)(F)F)n2)n1. The summed E-state index contributed by atoms with van der Waals surface area (Å²) in [6, 6.07) is 3.12. The molecule has 8 nitrogen and oxygen atoms in total. The van der Waals surface area contributed by atoms with E-state index in [9.17, 15) is 23.1 Å². The van der Waals surface area contributed by atoms with Gasteiger partial charge in [-0.15, -0.1) is 0 Å². The van der Waals surface area contributed by atoms with Gasteiger partial charge in [0.1, 0.15) is 6.67 Å². The standard InChI is InChI=1S/C14H15F3N6O2/c1-9-7-10(2)22(19-9)8-21-6-3-11(20-21)12(24)23-13(25,4-5-18-23)14(15,16)17/h3,5-7,25H,4,8H2,1-2H3/t13-/m1/s1. The van der Waals surface area contributed by atoms with Gasteiger partial charge in [0.25, 0.3) is 11.6 Å². The van der Waals surface area contributed by atoms with Gasteiger partial charge in [-0.1, -0.05) is 0 Å². The van der Waals surface area contributed by atoms with Crippen LogP contribution in [0, 0.1) is 13.8 Å². The van der Waals surface area contributed by atoms with Crippen molar-refractivity contribution in [3.8, 4) is 0 Å². The quantitative estimate of drug-likeness (QED) is 0.897. The van der Waals surface area contributed by atoms with Crippen LogP contribution in [0.2, 0.25) is 0 Å². The van der Waals surface area contributed by atoms with Gasteiger partial charge in [-0.05, 0) is 26.0 Å². The van der Waals surface area contributed by atoms with Crippen molar-refractivity contribution in [2.45, 2.75) is 38.8 Å². The van der Waals surface area contributed by atoms with Gasteiger partial charge in [0, 0.05) is 24.5 Å². The molecule has 2 aromatic rings. The minimum absolute atomic E-state index is 0.0168. The highest BCUT2D eigenvalue weighted by Gasteiger charge is 2.61. The molecule has 0 fully saturated rings. The van der Waals surface area contributed by atoms with E-state index >= 15 is 0 Å². The molecule has 1 aliphatic rings. The molecule has 3 rings (SSSR count). The summed E-state index contributed by atoms with van der Waals surface area (Å²) in [6.07, 6.45) is -3.57. The summed E-state index contributed by atoms with van der Waals surface area (Å²) in [6.45, 7) is 3.86. The average molecular weight is 356 g/mol. The smallest absolute Gasteiger partial charge is 0.362 e. The van der Waals surface area contributed by atoms with Crippen LogP contribution >= 0.6 is 0 Å². The maximum absolute atomic E-state index is 13.0. The number of aromatic nitrogens is 4. The highest BCUT2D eigenvalue weighted by Crippen LogP contribution is 2.39. The van der Waals surface area contributed by atoms with E-state index in [1.165, 1.54) is 16.9 Å². The molecule has 11 heteroatoms. The van der Waals surface area contributed by atoms with Crippen LogP contribution in [0.3, 0.4) is 0 Å². The number of carbonyl (C=O) groups is 1. The predicted octanol–water partition coefficient (Wildman–Crippen LogP) is 1.28. The van der Waals surface area contributed by atoms with E-state index in [-0.39, 0.29) is 17.4 Å². The van der Waals surface area contributed by atoms with Crippen molar-refractivity contribution < 1.29 is 23.1 Å². The molecule has 0 aromatic carbocycles. The first-order valence-corrected chi connectivity index (χ1v) is 7.32. The molecule has 3 heterocycles. The van der Waals surface area contributed by atoms with Crippen molar-refractivity contribution in [3.63, 3.8) is 0 Å². The van der Waals surface area contributed by atoms with Crippen LogP contribution in [-0.4, -0.2) is 53.7 Å². The molecule has 1 atom stereocenters. The van der Waals surface area contributed by atoms with Crippen molar-refractivity contribution in [2.24, 2.45) is 5.10 Å². The van der Waals surface area contributed by atoms with Gasteiger partial charge in [-0.25, -0.2) is 4.68 Å². The Hall–Kier alpha value is -2.69. The Morgan fingerprint density at radius 1 is 1.36 bits per heavy atom. The number of hydrogen-bond donors (Lipinski definition) is 1. The Morgan fingerprint density at radius 3 is 2.68 bits per heavy atom. The molecule has 0 saturated heterocycles. The van der Waals surface area contributed by atoms with E-state index in [1.807, 2.05) is 19.9 Å². The predicted molar refractivity (Wildman–Crippen MR) is 79.6 cm³/mol. The summed E-state index contributed by atoms with van der Waals surface area (Å²) < 4.78 is 42.1. The van der Waals surface area contributed by atoms with Gasteiger partial charge in [-0.2, -0.15) is 33.5 Å². The van der Waals surface area contributed by atoms with E-state index in [4.69, 9.17) is 0 Å². The van der Waals surface area contributed by atoms with Crippen LogP contribution in [0.1, 0.15) is 28.3 Å². The molecule has 1 amide bonds. The summed E-state index contributed by atoms with van der Waals surface area (Å²) in [7, 11) is 0. The lowest BCUT2D eigenvalue weighted by Crippen LogP contribution is -2.56. The summed E-state index contributed by atoms with van der Waals surface area (Å²) in [4.78, 5) is 12.3. The first-order chi connectivity index (χ1) is 11.6. The highest BCUT2D eigenvalue weighted by molar-refractivity contribution is 5.93. The molecule has 1 N–H and O–H groups in total. The van der Waals surface area contributed by atoms with Crippen LogP contribution in [0.25, 0.3) is 0 Å². The average Bonchev–Trinajstić information content (AvgIpc) is 3.19. The van der Waals surface area contributed by atoms with Crippen LogP contribution in [0.5, 0.6) is 0 Å². The van der Waals surface area contributed by atoms with Gasteiger partial charge < -0.3 is 5.11 Å². The van der Waals surface area contributed by atoms with E-state index in [0.717, 1.165) is 17.6 Å². The van der Waals surface area contributed by atoms with Crippen LogP contribution in [0.4, 0.5) is 13.2 Å². The van der Waals surface area contributed by atoms with Crippen LogP contribution in [0.15, 0.2) is 23.4 Å². The number of halogens is 3. The fourth-order valence-electron chi connectivity index (χ4n) is 2.51. The molecule has 2 aromatic heterocycles. The Bertz CT molecular complexity index is 840. The zero-order valence-corrected chi connectivity index (χ0v) is 13.4. The third-order valence-electron chi connectivity index (χ3n) is 3.81. The lowest BCUT2D eigenvalue weighted by molar-refractivity contribution is -0.297. The van der Waals surface area contributed by atoms with Crippen molar-refractivity contribution in [1.82, 2.24) is 24.6 Å². The van der Waals surface area contributed by atoms with Crippen molar-refractivity contribution >= 4 is 12.1 Å². The second-order valence-corrected chi connectivity index (χ2v) is 5.74. The van der Waals surface area contributed by atoms with Crippen LogP contribution < -0.4 is 0 Å². The summed E-state index contributed by atoms with van der Waals surface area (Å²) >= 11 is 0. The lowest BCUT2D eigenvalue weighted by Gasteiger charge is -2.32. The van der Waals surface area contributed by atoms with Crippen LogP contribution in [-0.2, 0) is 6.67 Å². The summed E-state index contributed by atoms with van der Waals surface area (Å²) in [5.41, 5.74) is -1.94. The zero-order valence-electron chi connectivity index (χ0n) is 13.4. The van der Waals surface area contributed by atoms with Crippen molar-refractivity contribution in [3.05, 3.63) is 35.4 Å². The van der Waals surface area contributed by atoms with Gasteiger partial charge in [-0.3, -0.25) is 9.48 Å². The number of aryl methyl sites for hydroxylation is 2. The van der Waals surface area contributed by atoms with Crippen molar-refractivity contribution in [1.29, 1.82) is 0 Å². The number of carbonyl (C=O) groups excluding carboxylic acids is 1. The van der Waals surface area contributed by atoms with E-state index in [0.29, 0.717) is 0 Å². The normalized spacial score (nSPS) is 20.5. The molecule has 0 unspecified atom stereocenters. The topological polar surface area (TPSA) is 88.5 Å². The number of alkyl halides is 3. The molecule has 134 valence electrons. The third-order valence-corrected chi connectivity index (χ3v) is 3.81. The Balaban J connectivity index is 1.81. The number of rotatable bonds is 3. The molecule has 0 bridgehead atoms. The number of hydrazone groups is 1. The highest BCUT2D eigenvalue weighted by atomic mass is 19.4. The van der Waals surface area contributed by atoms with Gasteiger partial charge >= 0.3 is 6.18 Å². The first kappa shape index (κ1) is 17.1. The molecule has 0 spiro atoms. The maximum Gasteiger partial charge on any atom is 0.438 e. The maximum atomic E-state index is 13.0. The molecule has 0 aliphatic carbocycles. The second kappa shape index (κ2) is 5.69. The molecular formula is C14H15F3N6O2. The molecular weight excluding hydrogens is 341 g/mol. The fraction of sp³-hybridized carbons (Fsp3) is 0.429. The van der Waals surface area contributed by atoms with Gasteiger partial charge in [0.05, 0.1) is 5.69 Å². The zero-order chi connectivity index (χ0) is 18.4. The minimum atomic E-state index is -5.04. The first-order valence-electron chi connectivity index (χ1n) is 7.32. The summed E-state index contributed by atoms with van der Waals surface area (Å²) in [5.74, 6) is -1.14.